The third-order valence-electron chi connectivity index (χ3n) is 4.92. The van der Waals surface area contributed by atoms with E-state index in [-0.39, 0.29) is 0 Å². The molecule has 0 aliphatic carbocycles. The van der Waals surface area contributed by atoms with Gasteiger partial charge in [0.15, 0.2) is 10.3 Å². The number of thiazole rings is 1. The third-order valence-corrected chi connectivity index (χ3v) is 6.84. The lowest BCUT2D eigenvalue weighted by Gasteiger charge is -2.22. The number of hydrogen-bond acceptors (Lipinski definition) is 6. The lowest BCUT2D eigenvalue weighted by atomic mass is 10.0. The third kappa shape index (κ3) is 5.73. The van der Waals surface area contributed by atoms with Crippen LogP contribution in [0, 0.1) is 5.92 Å². The molecule has 0 bridgehead atoms. The first-order valence-electron chi connectivity index (χ1n) is 10.3. The fourth-order valence-corrected chi connectivity index (χ4v) is 5.37. The molecule has 2 aromatic carbocycles. The Morgan fingerprint density at radius 2 is 1.93 bits per heavy atom. The van der Waals surface area contributed by atoms with Gasteiger partial charge in [0.1, 0.15) is 0 Å². The minimum atomic E-state index is 0.464. The lowest BCUT2D eigenvalue weighted by molar-refractivity contribution is 0.489. The van der Waals surface area contributed by atoms with Crippen LogP contribution in [0.3, 0.4) is 0 Å². The van der Waals surface area contributed by atoms with Crippen molar-refractivity contribution in [1.82, 2.24) is 4.98 Å². The molecule has 3 aromatic rings. The number of aliphatic imine (C=N–C) groups is 1. The van der Waals surface area contributed by atoms with Gasteiger partial charge in [-0.2, -0.15) is 0 Å². The van der Waals surface area contributed by atoms with Crippen LogP contribution in [0.5, 0.6) is 0 Å². The van der Waals surface area contributed by atoms with E-state index in [4.69, 9.17) is 4.99 Å². The Morgan fingerprint density at radius 3 is 2.72 bits per heavy atom. The normalized spacial score (nSPS) is 16.8. The second kappa shape index (κ2) is 9.63. The molecule has 0 saturated carbocycles. The van der Waals surface area contributed by atoms with E-state index >= 15 is 0 Å². The molecule has 1 atom stereocenters. The van der Waals surface area contributed by atoms with Crippen molar-refractivity contribution in [2.45, 2.75) is 39.2 Å². The van der Waals surface area contributed by atoms with E-state index in [9.17, 15) is 0 Å². The number of hydrogen-bond donors (Lipinski definition) is 2. The second-order valence-electron chi connectivity index (χ2n) is 7.84. The Labute approximate surface area is 181 Å². The first-order valence-corrected chi connectivity index (χ1v) is 12.1. The molecule has 0 saturated heterocycles. The van der Waals surface area contributed by atoms with Gasteiger partial charge in [0.05, 0.1) is 16.3 Å². The molecule has 0 amide bonds. The first-order chi connectivity index (χ1) is 14.2. The zero-order chi connectivity index (χ0) is 20.1. The van der Waals surface area contributed by atoms with Gasteiger partial charge in [0.2, 0.25) is 0 Å². The van der Waals surface area contributed by atoms with E-state index in [1.807, 2.05) is 17.8 Å². The number of nitrogens with zero attached hydrogens (tertiary/aromatic N) is 2. The molecule has 1 aromatic heterocycles. The first kappa shape index (κ1) is 20.2. The maximum Gasteiger partial charge on any atom is 0.183 e. The van der Waals surface area contributed by atoms with Gasteiger partial charge in [-0.1, -0.05) is 61.2 Å². The molecule has 6 heteroatoms. The lowest BCUT2D eigenvalue weighted by Crippen LogP contribution is -2.21. The largest absolute Gasteiger partial charge is 0.361 e. The number of benzene rings is 2. The van der Waals surface area contributed by atoms with Gasteiger partial charge in [-0.15, -0.1) is 0 Å². The van der Waals surface area contributed by atoms with E-state index in [0.29, 0.717) is 12.0 Å². The van der Waals surface area contributed by atoms with Gasteiger partial charge in [0.25, 0.3) is 0 Å². The SMILES string of the molecule is CC(C)CC1CCSC(Nc2ccc(CCNc3nc4ccccc4s3)cc2)=N1. The van der Waals surface area contributed by atoms with Crippen LogP contribution in [0.4, 0.5) is 10.8 Å². The maximum absolute atomic E-state index is 4.89. The van der Waals surface area contributed by atoms with Crippen LogP contribution in [-0.4, -0.2) is 28.5 Å². The predicted octanol–water partition coefficient (Wildman–Crippen LogP) is 6.27. The van der Waals surface area contributed by atoms with Gasteiger partial charge < -0.3 is 10.6 Å². The molecule has 1 unspecified atom stereocenters. The zero-order valence-electron chi connectivity index (χ0n) is 17.0. The molecular formula is C23H28N4S2. The molecule has 2 heterocycles. The van der Waals surface area contributed by atoms with E-state index in [1.165, 1.54) is 23.1 Å². The van der Waals surface area contributed by atoms with Crippen molar-refractivity contribution in [2.24, 2.45) is 10.9 Å². The number of rotatable bonds is 7. The average molecular weight is 425 g/mol. The molecule has 1 aliphatic rings. The van der Waals surface area contributed by atoms with Gasteiger partial charge in [0, 0.05) is 18.0 Å². The fraction of sp³-hybridized carbons (Fsp3) is 0.391. The quantitative estimate of drug-likeness (QED) is 0.469. The highest BCUT2D eigenvalue weighted by Crippen LogP contribution is 2.26. The summed E-state index contributed by atoms with van der Waals surface area (Å²) in [5.74, 6) is 1.85. The van der Waals surface area contributed by atoms with E-state index in [2.05, 4.69) is 71.9 Å². The topological polar surface area (TPSA) is 49.3 Å². The smallest absolute Gasteiger partial charge is 0.183 e. The summed E-state index contributed by atoms with van der Waals surface area (Å²) in [4.78, 5) is 9.52. The van der Waals surface area contributed by atoms with Gasteiger partial charge in [-0.25, -0.2) is 4.98 Å². The van der Waals surface area contributed by atoms with Crippen molar-refractivity contribution in [1.29, 1.82) is 0 Å². The summed E-state index contributed by atoms with van der Waals surface area (Å²) in [5, 5.41) is 9.01. The molecule has 0 radical (unpaired) electrons. The molecule has 0 fully saturated rings. The molecule has 4 nitrogen and oxygen atoms in total. The molecule has 1 aliphatic heterocycles. The highest BCUT2D eigenvalue weighted by molar-refractivity contribution is 8.14. The maximum atomic E-state index is 4.89. The summed E-state index contributed by atoms with van der Waals surface area (Å²) < 4.78 is 1.23. The van der Waals surface area contributed by atoms with Gasteiger partial charge in [-0.3, -0.25) is 4.99 Å². The summed E-state index contributed by atoms with van der Waals surface area (Å²) in [6.45, 7) is 5.43. The minimum Gasteiger partial charge on any atom is -0.361 e. The summed E-state index contributed by atoms with van der Waals surface area (Å²) in [5.41, 5.74) is 3.50. The van der Waals surface area contributed by atoms with Crippen molar-refractivity contribution in [3.05, 3.63) is 54.1 Å². The Hall–Kier alpha value is -2.05. The highest BCUT2D eigenvalue weighted by Gasteiger charge is 2.16. The van der Waals surface area contributed by atoms with E-state index < -0.39 is 0 Å². The number of fused-ring (bicyclic) bond motifs is 1. The van der Waals surface area contributed by atoms with Crippen LogP contribution in [0.2, 0.25) is 0 Å². The summed E-state index contributed by atoms with van der Waals surface area (Å²) in [6.07, 6.45) is 3.34. The molecular weight excluding hydrogens is 396 g/mol. The Balaban J connectivity index is 1.28. The highest BCUT2D eigenvalue weighted by atomic mass is 32.2. The van der Waals surface area contributed by atoms with Crippen LogP contribution in [0.1, 0.15) is 32.3 Å². The number of para-hydroxylation sites is 1. The second-order valence-corrected chi connectivity index (χ2v) is 9.95. The molecule has 0 spiro atoms. The molecule has 2 N–H and O–H groups in total. The van der Waals surface area contributed by atoms with Crippen LogP contribution in [-0.2, 0) is 6.42 Å². The molecule has 4 rings (SSSR count). The number of anilines is 2. The van der Waals surface area contributed by atoms with Crippen LogP contribution in [0.25, 0.3) is 10.2 Å². The number of nitrogens with one attached hydrogen (secondary N) is 2. The summed E-state index contributed by atoms with van der Waals surface area (Å²) in [6, 6.07) is 17.4. The van der Waals surface area contributed by atoms with Gasteiger partial charge >= 0.3 is 0 Å². The fourth-order valence-electron chi connectivity index (χ4n) is 3.48. The average Bonchev–Trinajstić information content (AvgIpc) is 3.12. The van der Waals surface area contributed by atoms with Crippen molar-refractivity contribution in [3.8, 4) is 0 Å². The Kier molecular flexibility index (Phi) is 6.72. The number of amidine groups is 1. The monoisotopic (exact) mass is 424 g/mol. The number of aromatic nitrogens is 1. The predicted molar refractivity (Wildman–Crippen MR) is 130 cm³/mol. The van der Waals surface area contributed by atoms with E-state index in [0.717, 1.165) is 40.2 Å². The van der Waals surface area contributed by atoms with E-state index in [1.54, 1.807) is 11.3 Å². The van der Waals surface area contributed by atoms with Crippen LogP contribution < -0.4 is 10.6 Å². The number of thioether (sulfide) groups is 1. The minimum absolute atomic E-state index is 0.464. The molecule has 29 heavy (non-hydrogen) atoms. The van der Waals surface area contributed by atoms with Gasteiger partial charge in [-0.05, 0) is 55.0 Å². The van der Waals surface area contributed by atoms with Crippen molar-refractivity contribution < 1.29 is 0 Å². The van der Waals surface area contributed by atoms with Crippen molar-refractivity contribution in [3.63, 3.8) is 0 Å². The van der Waals surface area contributed by atoms with Crippen LogP contribution in [0.15, 0.2) is 53.5 Å². The van der Waals surface area contributed by atoms with Crippen molar-refractivity contribution in [2.75, 3.05) is 22.9 Å². The van der Waals surface area contributed by atoms with Crippen LogP contribution >= 0.6 is 23.1 Å². The standard InChI is InChI=1S/C23H28N4S2/c1-16(2)15-19-12-14-28-23(26-19)25-18-9-7-17(8-10-18)11-13-24-22-27-20-5-3-4-6-21(20)29-22/h3-10,16,19H,11-15H2,1-2H3,(H,24,27)(H,25,26). The Bertz CT molecular complexity index is 929. The summed E-state index contributed by atoms with van der Waals surface area (Å²) >= 11 is 3.54. The zero-order valence-corrected chi connectivity index (χ0v) is 18.7. The van der Waals surface area contributed by atoms with Crippen molar-refractivity contribution >= 4 is 49.3 Å². The summed E-state index contributed by atoms with van der Waals surface area (Å²) in [7, 11) is 0. The molecule has 152 valence electrons. The Morgan fingerprint density at radius 1 is 1.10 bits per heavy atom.